The number of likely N-dealkylation sites (tertiary alicyclic amines) is 1. The van der Waals surface area contributed by atoms with Gasteiger partial charge in [-0.05, 0) is 24.5 Å². The molecule has 1 aliphatic rings. The number of benzene rings is 1. The minimum atomic E-state index is 0.159. The number of hydrogen-bond acceptors (Lipinski definition) is 1. The average Bonchev–Trinajstić information content (AvgIpc) is 2.33. The summed E-state index contributed by atoms with van der Waals surface area (Å²) >= 11 is 3.65. The van der Waals surface area contributed by atoms with Gasteiger partial charge in [0.05, 0.1) is 0 Å². The van der Waals surface area contributed by atoms with Gasteiger partial charge in [0.15, 0.2) is 0 Å². The van der Waals surface area contributed by atoms with Crippen molar-refractivity contribution in [2.24, 2.45) is 5.92 Å². The number of alkyl halides is 1. The summed E-state index contributed by atoms with van der Waals surface area (Å²) in [6.45, 7) is 3.89. The van der Waals surface area contributed by atoms with Crippen LogP contribution in [0.4, 0.5) is 0 Å². The molecule has 1 saturated heterocycles. The standard InChI is InChI=1S/C13H16BrNO/c1-10-9-15(8-7-12(10)14)13(16)11-5-3-2-4-6-11/h2-6,10,12H,7-9H2,1H3. The van der Waals surface area contributed by atoms with Gasteiger partial charge >= 0.3 is 0 Å². The molecule has 86 valence electrons. The Kier molecular flexibility index (Phi) is 3.64. The second-order valence-corrected chi connectivity index (χ2v) is 5.58. The van der Waals surface area contributed by atoms with Gasteiger partial charge < -0.3 is 4.90 Å². The van der Waals surface area contributed by atoms with Crippen molar-refractivity contribution in [2.45, 2.75) is 18.2 Å². The summed E-state index contributed by atoms with van der Waals surface area (Å²) in [7, 11) is 0. The monoisotopic (exact) mass is 281 g/mol. The van der Waals surface area contributed by atoms with E-state index < -0.39 is 0 Å². The molecule has 0 saturated carbocycles. The van der Waals surface area contributed by atoms with Crippen molar-refractivity contribution in [2.75, 3.05) is 13.1 Å². The molecule has 0 bridgehead atoms. The van der Waals surface area contributed by atoms with Crippen molar-refractivity contribution < 1.29 is 4.79 Å². The fourth-order valence-corrected chi connectivity index (χ4v) is 2.44. The predicted molar refractivity (Wildman–Crippen MR) is 68.8 cm³/mol. The van der Waals surface area contributed by atoms with E-state index in [0.717, 1.165) is 25.1 Å². The SMILES string of the molecule is CC1CN(C(=O)c2ccccc2)CCC1Br. The molecule has 16 heavy (non-hydrogen) atoms. The molecule has 1 aromatic rings. The largest absolute Gasteiger partial charge is 0.338 e. The maximum Gasteiger partial charge on any atom is 0.253 e. The summed E-state index contributed by atoms with van der Waals surface area (Å²) in [6.07, 6.45) is 1.04. The second-order valence-electron chi connectivity index (χ2n) is 4.40. The Balaban J connectivity index is 2.06. The summed E-state index contributed by atoms with van der Waals surface area (Å²) in [6, 6.07) is 9.52. The molecule has 2 unspecified atom stereocenters. The molecule has 3 heteroatoms. The van der Waals surface area contributed by atoms with Gasteiger partial charge in [-0.1, -0.05) is 41.1 Å². The number of amides is 1. The van der Waals surface area contributed by atoms with Gasteiger partial charge in [-0.15, -0.1) is 0 Å². The fraction of sp³-hybridized carbons (Fsp3) is 0.462. The van der Waals surface area contributed by atoms with Crippen molar-refractivity contribution in [1.29, 1.82) is 0 Å². The van der Waals surface area contributed by atoms with E-state index in [1.165, 1.54) is 0 Å². The van der Waals surface area contributed by atoms with Crippen LogP contribution in [0.1, 0.15) is 23.7 Å². The lowest BCUT2D eigenvalue weighted by molar-refractivity contribution is 0.0690. The van der Waals surface area contributed by atoms with Crippen molar-refractivity contribution in [3.63, 3.8) is 0 Å². The summed E-state index contributed by atoms with van der Waals surface area (Å²) in [5.41, 5.74) is 0.794. The highest BCUT2D eigenvalue weighted by atomic mass is 79.9. The van der Waals surface area contributed by atoms with E-state index in [4.69, 9.17) is 0 Å². The normalized spacial score (nSPS) is 25.5. The third kappa shape index (κ3) is 2.46. The molecule has 0 N–H and O–H groups in total. The maximum atomic E-state index is 12.2. The van der Waals surface area contributed by atoms with Crippen LogP contribution in [0.5, 0.6) is 0 Å². The molecular formula is C13H16BrNO. The number of halogens is 1. The van der Waals surface area contributed by atoms with Gasteiger partial charge in [0.2, 0.25) is 0 Å². The molecule has 0 aromatic heterocycles. The molecule has 0 radical (unpaired) electrons. The van der Waals surface area contributed by atoms with E-state index in [9.17, 15) is 4.79 Å². The second kappa shape index (κ2) is 5.00. The van der Waals surface area contributed by atoms with Crippen molar-refractivity contribution in [3.8, 4) is 0 Å². The van der Waals surface area contributed by atoms with E-state index in [2.05, 4.69) is 22.9 Å². The third-order valence-electron chi connectivity index (χ3n) is 3.11. The van der Waals surface area contributed by atoms with Crippen LogP contribution in [0.15, 0.2) is 30.3 Å². The minimum Gasteiger partial charge on any atom is -0.338 e. The van der Waals surface area contributed by atoms with Crippen LogP contribution in [0.3, 0.4) is 0 Å². The molecule has 2 atom stereocenters. The number of hydrogen-bond donors (Lipinski definition) is 0. The maximum absolute atomic E-state index is 12.2. The molecule has 0 spiro atoms. The zero-order chi connectivity index (χ0) is 11.5. The molecule has 1 fully saturated rings. The Morgan fingerprint density at radius 3 is 2.69 bits per heavy atom. The quantitative estimate of drug-likeness (QED) is 0.725. The first-order valence-corrected chi connectivity index (χ1v) is 6.58. The highest BCUT2D eigenvalue weighted by Gasteiger charge is 2.27. The Hall–Kier alpha value is -0.830. The summed E-state index contributed by atoms with van der Waals surface area (Å²) in [4.78, 5) is 14.7. The van der Waals surface area contributed by atoms with E-state index in [0.29, 0.717) is 10.7 Å². The molecule has 1 aliphatic heterocycles. The molecule has 0 aliphatic carbocycles. The van der Waals surface area contributed by atoms with Crippen LogP contribution >= 0.6 is 15.9 Å². The van der Waals surface area contributed by atoms with E-state index in [1.54, 1.807) is 0 Å². The molecule has 1 aromatic carbocycles. The first kappa shape index (κ1) is 11.6. The van der Waals surface area contributed by atoms with Gasteiger partial charge in [-0.3, -0.25) is 4.79 Å². The Labute approximate surface area is 105 Å². The van der Waals surface area contributed by atoms with Crippen molar-refractivity contribution in [1.82, 2.24) is 4.90 Å². The summed E-state index contributed by atoms with van der Waals surface area (Å²) < 4.78 is 0. The number of carbonyl (C=O) groups excluding carboxylic acids is 1. The van der Waals surface area contributed by atoms with Gasteiger partial charge in [-0.25, -0.2) is 0 Å². The number of piperidine rings is 1. The van der Waals surface area contributed by atoms with Crippen molar-refractivity contribution in [3.05, 3.63) is 35.9 Å². The topological polar surface area (TPSA) is 20.3 Å². The van der Waals surface area contributed by atoms with Crippen LogP contribution in [0.25, 0.3) is 0 Å². The highest BCUT2D eigenvalue weighted by molar-refractivity contribution is 9.09. The summed E-state index contributed by atoms with van der Waals surface area (Å²) in [5, 5.41) is 0. The zero-order valence-corrected chi connectivity index (χ0v) is 11.0. The average molecular weight is 282 g/mol. The minimum absolute atomic E-state index is 0.159. The molecule has 2 nitrogen and oxygen atoms in total. The van der Waals surface area contributed by atoms with Gasteiger partial charge in [0.1, 0.15) is 0 Å². The first-order valence-electron chi connectivity index (χ1n) is 5.67. The number of nitrogens with zero attached hydrogens (tertiary/aromatic N) is 1. The van der Waals surface area contributed by atoms with Gasteiger partial charge in [-0.2, -0.15) is 0 Å². The molecule has 2 rings (SSSR count). The molecule has 1 amide bonds. The fourth-order valence-electron chi connectivity index (χ4n) is 2.06. The van der Waals surface area contributed by atoms with Gasteiger partial charge in [0, 0.05) is 23.5 Å². The van der Waals surface area contributed by atoms with Crippen LogP contribution in [0, 0.1) is 5.92 Å². The third-order valence-corrected chi connectivity index (χ3v) is 4.47. The van der Waals surface area contributed by atoms with Crippen LogP contribution in [0.2, 0.25) is 0 Å². The predicted octanol–water partition coefficient (Wildman–Crippen LogP) is 2.93. The lowest BCUT2D eigenvalue weighted by Crippen LogP contribution is -2.43. The Morgan fingerprint density at radius 1 is 1.38 bits per heavy atom. The number of carbonyl (C=O) groups is 1. The number of rotatable bonds is 1. The highest BCUT2D eigenvalue weighted by Crippen LogP contribution is 2.24. The smallest absolute Gasteiger partial charge is 0.253 e. The molecule has 1 heterocycles. The van der Waals surface area contributed by atoms with E-state index in [1.807, 2.05) is 35.2 Å². The lowest BCUT2D eigenvalue weighted by atomic mass is 9.99. The van der Waals surface area contributed by atoms with Crippen LogP contribution in [-0.4, -0.2) is 28.7 Å². The first-order chi connectivity index (χ1) is 7.68. The van der Waals surface area contributed by atoms with Crippen molar-refractivity contribution >= 4 is 21.8 Å². The Bertz CT molecular complexity index is 365. The Morgan fingerprint density at radius 2 is 2.06 bits per heavy atom. The molecular weight excluding hydrogens is 266 g/mol. The van der Waals surface area contributed by atoms with Crippen LogP contribution < -0.4 is 0 Å². The van der Waals surface area contributed by atoms with E-state index >= 15 is 0 Å². The van der Waals surface area contributed by atoms with E-state index in [-0.39, 0.29) is 5.91 Å². The lowest BCUT2D eigenvalue weighted by Gasteiger charge is -2.34. The van der Waals surface area contributed by atoms with Gasteiger partial charge in [0.25, 0.3) is 5.91 Å². The van der Waals surface area contributed by atoms with Crippen LogP contribution in [-0.2, 0) is 0 Å². The zero-order valence-electron chi connectivity index (χ0n) is 9.40. The summed E-state index contributed by atoms with van der Waals surface area (Å²) in [5.74, 6) is 0.688.